The van der Waals surface area contributed by atoms with Gasteiger partial charge in [0, 0.05) is 22.4 Å². The van der Waals surface area contributed by atoms with E-state index < -0.39 is 0 Å². The molecule has 5 nitrogen and oxygen atoms in total. The van der Waals surface area contributed by atoms with Crippen LogP contribution in [-0.4, -0.2) is 22.4 Å². The zero-order chi connectivity index (χ0) is 16.1. The number of aromatic nitrogens is 2. The molecule has 0 aliphatic carbocycles. The lowest BCUT2D eigenvalue weighted by Gasteiger charge is -2.10. The summed E-state index contributed by atoms with van der Waals surface area (Å²) < 4.78 is 1.01. The monoisotopic (exact) mass is 362 g/mol. The Balaban J connectivity index is 2.24. The van der Waals surface area contributed by atoms with Gasteiger partial charge in [-0.05, 0) is 50.1 Å². The van der Waals surface area contributed by atoms with Gasteiger partial charge in [-0.3, -0.25) is 4.79 Å². The predicted molar refractivity (Wildman–Crippen MR) is 91.6 cm³/mol. The highest BCUT2D eigenvalue weighted by Gasteiger charge is 2.10. The number of hydrogen-bond acceptors (Lipinski definition) is 4. The SMILES string of the molecule is CCCNC(=O)c1cc(C)nc(Nc2ccc(Br)cc2C)n1. The molecule has 2 N–H and O–H groups in total. The van der Waals surface area contributed by atoms with E-state index in [9.17, 15) is 4.79 Å². The molecule has 2 aromatic rings. The summed E-state index contributed by atoms with van der Waals surface area (Å²) >= 11 is 3.44. The highest BCUT2D eigenvalue weighted by atomic mass is 79.9. The highest BCUT2D eigenvalue weighted by Crippen LogP contribution is 2.22. The Bertz CT molecular complexity index is 688. The first-order valence-electron chi connectivity index (χ1n) is 7.16. The van der Waals surface area contributed by atoms with Gasteiger partial charge in [0.25, 0.3) is 5.91 Å². The van der Waals surface area contributed by atoms with Crippen LogP contribution in [0.1, 0.15) is 35.1 Å². The van der Waals surface area contributed by atoms with Gasteiger partial charge < -0.3 is 10.6 Å². The first-order valence-corrected chi connectivity index (χ1v) is 7.96. The smallest absolute Gasteiger partial charge is 0.270 e. The van der Waals surface area contributed by atoms with E-state index in [1.165, 1.54) is 0 Å². The van der Waals surface area contributed by atoms with Crippen LogP contribution in [0.3, 0.4) is 0 Å². The van der Waals surface area contributed by atoms with Gasteiger partial charge in [-0.2, -0.15) is 0 Å². The molecule has 22 heavy (non-hydrogen) atoms. The summed E-state index contributed by atoms with van der Waals surface area (Å²) in [7, 11) is 0. The maximum Gasteiger partial charge on any atom is 0.270 e. The maximum absolute atomic E-state index is 12.0. The third-order valence-electron chi connectivity index (χ3n) is 3.06. The summed E-state index contributed by atoms with van der Waals surface area (Å²) in [6.07, 6.45) is 0.888. The van der Waals surface area contributed by atoms with Crippen molar-refractivity contribution < 1.29 is 4.79 Å². The van der Waals surface area contributed by atoms with Crippen LogP contribution in [0, 0.1) is 13.8 Å². The van der Waals surface area contributed by atoms with Crippen molar-refractivity contribution in [2.45, 2.75) is 27.2 Å². The van der Waals surface area contributed by atoms with E-state index in [4.69, 9.17) is 0 Å². The molecule has 1 amide bonds. The first-order chi connectivity index (χ1) is 10.5. The van der Waals surface area contributed by atoms with Gasteiger partial charge in [-0.25, -0.2) is 9.97 Å². The Labute approximate surface area is 138 Å². The molecule has 0 radical (unpaired) electrons. The number of hydrogen-bond donors (Lipinski definition) is 2. The van der Waals surface area contributed by atoms with Crippen molar-refractivity contribution in [1.82, 2.24) is 15.3 Å². The molecule has 0 spiro atoms. The summed E-state index contributed by atoms with van der Waals surface area (Å²) in [5.74, 6) is 0.245. The molecule has 1 aromatic heterocycles. The number of amides is 1. The largest absolute Gasteiger partial charge is 0.351 e. The fraction of sp³-hybridized carbons (Fsp3) is 0.312. The van der Waals surface area contributed by atoms with Crippen LogP contribution in [0.5, 0.6) is 0 Å². The Hall–Kier alpha value is -1.95. The molecule has 6 heteroatoms. The van der Waals surface area contributed by atoms with Crippen molar-refractivity contribution in [2.75, 3.05) is 11.9 Å². The molecule has 0 aliphatic heterocycles. The maximum atomic E-state index is 12.0. The van der Waals surface area contributed by atoms with E-state index >= 15 is 0 Å². The molecule has 0 aliphatic rings. The van der Waals surface area contributed by atoms with Gasteiger partial charge >= 0.3 is 0 Å². The molecule has 0 saturated heterocycles. The number of nitrogens with one attached hydrogen (secondary N) is 2. The third-order valence-corrected chi connectivity index (χ3v) is 3.55. The number of nitrogens with zero attached hydrogens (tertiary/aromatic N) is 2. The van der Waals surface area contributed by atoms with Gasteiger partial charge in [-0.15, -0.1) is 0 Å². The van der Waals surface area contributed by atoms with Crippen LogP contribution >= 0.6 is 15.9 Å². The van der Waals surface area contributed by atoms with Gasteiger partial charge in [-0.1, -0.05) is 22.9 Å². The number of anilines is 2. The first kappa shape index (κ1) is 16.4. The molecule has 0 unspecified atom stereocenters. The van der Waals surface area contributed by atoms with E-state index in [2.05, 4.69) is 36.5 Å². The fourth-order valence-electron chi connectivity index (χ4n) is 1.96. The second-order valence-corrected chi connectivity index (χ2v) is 5.97. The van der Waals surface area contributed by atoms with E-state index in [1.54, 1.807) is 6.07 Å². The Kier molecular flexibility index (Phi) is 5.49. The van der Waals surface area contributed by atoms with Gasteiger partial charge in [0.1, 0.15) is 5.69 Å². The third kappa shape index (κ3) is 4.27. The van der Waals surface area contributed by atoms with Crippen molar-refractivity contribution in [2.24, 2.45) is 0 Å². The fourth-order valence-corrected chi connectivity index (χ4v) is 2.43. The van der Waals surface area contributed by atoms with E-state index in [0.717, 1.165) is 27.8 Å². The lowest BCUT2D eigenvalue weighted by atomic mass is 10.2. The number of rotatable bonds is 5. The Morgan fingerprint density at radius 3 is 2.68 bits per heavy atom. The topological polar surface area (TPSA) is 66.9 Å². The molecular weight excluding hydrogens is 344 g/mol. The summed E-state index contributed by atoms with van der Waals surface area (Å²) in [6, 6.07) is 7.58. The minimum absolute atomic E-state index is 0.178. The number of benzene rings is 1. The number of aryl methyl sites for hydroxylation is 2. The molecule has 2 rings (SSSR count). The second-order valence-electron chi connectivity index (χ2n) is 5.06. The van der Waals surface area contributed by atoms with E-state index in [-0.39, 0.29) is 5.91 Å². The predicted octanol–water partition coefficient (Wildman–Crippen LogP) is 3.74. The van der Waals surface area contributed by atoms with Crippen molar-refractivity contribution in [3.8, 4) is 0 Å². The van der Waals surface area contributed by atoms with E-state index in [0.29, 0.717) is 18.2 Å². The van der Waals surface area contributed by atoms with Crippen molar-refractivity contribution in [3.05, 3.63) is 45.7 Å². The van der Waals surface area contributed by atoms with Crippen LogP contribution in [0.4, 0.5) is 11.6 Å². The molecule has 0 atom stereocenters. The summed E-state index contributed by atoms with van der Waals surface area (Å²) in [6.45, 7) is 6.49. The van der Waals surface area contributed by atoms with Crippen LogP contribution in [0.2, 0.25) is 0 Å². The minimum atomic E-state index is -0.178. The number of halogens is 1. The standard InChI is InChI=1S/C16H19BrN4O/c1-4-7-18-15(22)14-9-11(3)19-16(21-14)20-13-6-5-12(17)8-10(13)2/h5-6,8-9H,4,7H2,1-3H3,(H,18,22)(H,19,20,21). The molecular formula is C16H19BrN4O. The van der Waals surface area contributed by atoms with Crippen molar-refractivity contribution >= 4 is 33.5 Å². The van der Waals surface area contributed by atoms with Crippen LogP contribution < -0.4 is 10.6 Å². The Morgan fingerprint density at radius 2 is 2.00 bits per heavy atom. The molecule has 0 saturated carbocycles. The second kappa shape index (κ2) is 7.35. The molecule has 116 valence electrons. The zero-order valence-corrected chi connectivity index (χ0v) is 14.5. The van der Waals surface area contributed by atoms with Crippen molar-refractivity contribution in [1.29, 1.82) is 0 Å². The quantitative estimate of drug-likeness (QED) is 0.849. The summed E-state index contributed by atoms with van der Waals surface area (Å²) in [5.41, 5.74) is 3.09. The Morgan fingerprint density at radius 1 is 1.23 bits per heavy atom. The van der Waals surface area contributed by atoms with Crippen LogP contribution in [0.15, 0.2) is 28.7 Å². The highest BCUT2D eigenvalue weighted by molar-refractivity contribution is 9.10. The van der Waals surface area contributed by atoms with Crippen LogP contribution in [0.25, 0.3) is 0 Å². The van der Waals surface area contributed by atoms with Gasteiger partial charge in [0.2, 0.25) is 5.95 Å². The summed E-state index contributed by atoms with van der Waals surface area (Å²) in [4.78, 5) is 20.7. The lowest BCUT2D eigenvalue weighted by molar-refractivity contribution is 0.0948. The minimum Gasteiger partial charge on any atom is -0.351 e. The zero-order valence-electron chi connectivity index (χ0n) is 12.9. The van der Waals surface area contributed by atoms with Crippen molar-refractivity contribution in [3.63, 3.8) is 0 Å². The molecule has 0 fully saturated rings. The number of carbonyl (C=O) groups is 1. The molecule has 1 aromatic carbocycles. The van der Waals surface area contributed by atoms with E-state index in [1.807, 2.05) is 39.0 Å². The van der Waals surface area contributed by atoms with Crippen LogP contribution in [-0.2, 0) is 0 Å². The average Bonchev–Trinajstić information content (AvgIpc) is 2.47. The summed E-state index contributed by atoms with van der Waals surface area (Å²) in [5, 5.41) is 5.99. The lowest BCUT2D eigenvalue weighted by Crippen LogP contribution is -2.25. The normalized spacial score (nSPS) is 10.4. The average molecular weight is 363 g/mol. The van der Waals surface area contributed by atoms with Gasteiger partial charge in [0.05, 0.1) is 0 Å². The molecule has 0 bridgehead atoms. The number of carbonyl (C=O) groups excluding carboxylic acids is 1. The molecule has 1 heterocycles. The van der Waals surface area contributed by atoms with Gasteiger partial charge in [0.15, 0.2) is 0 Å².